The topological polar surface area (TPSA) is 99.1 Å². The zero-order valence-electron chi connectivity index (χ0n) is 38.4. The molecule has 8 heteroatoms. The molecule has 0 fully saturated rings. The van der Waals surface area contributed by atoms with Gasteiger partial charge in [-0.2, -0.15) is 0 Å². The highest BCUT2D eigenvalue weighted by atomic mass is 16.6. The van der Waals surface area contributed by atoms with Gasteiger partial charge in [0.2, 0.25) is 0 Å². The summed E-state index contributed by atoms with van der Waals surface area (Å²) in [5.74, 6) is -1.51. The maximum absolute atomic E-state index is 12.7. The Morgan fingerprint density at radius 2 is 0.949 bits per heavy atom. The first-order valence-corrected chi connectivity index (χ1v) is 23.5. The molecule has 59 heavy (non-hydrogen) atoms. The van der Waals surface area contributed by atoms with Crippen molar-refractivity contribution < 1.29 is 38.2 Å². The number of hydrogen-bond donors (Lipinski definition) is 1. The van der Waals surface area contributed by atoms with Gasteiger partial charge in [0.1, 0.15) is 6.61 Å². The molecule has 0 amide bonds. The number of unbranched alkanes of at least 4 members (excludes halogenated alkanes) is 15. The van der Waals surface area contributed by atoms with Crippen molar-refractivity contribution in [2.24, 2.45) is 0 Å². The van der Waals surface area contributed by atoms with Crippen molar-refractivity contribution in [3.8, 4) is 0 Å². The Labute approximate surface area is 361 Å². The molecule has 2 unspecified atom stereocenters. The molecule has 338 valence electrons. The second-order valence-corrected chi connectivity index (χ2v) is 16.6. The number of rotatable bonds is 41. The summed E-state index contributed by atoms with van der Waals surface area (Å²) >= 11 is 0. The van der Waals surface area contributed by atoms with Crippen molar-refractivity contribution in [2.45, 2.75) is 193 Å². The Balaban J connectivity index is 4.38. The second kappa shape index (κ2) is 41.5. The molecule has 0 rings (SSSR count). The van der Waals surface area contributed by atoms with E-state index in [0.717, 1.165) is 89.9 Å². The van der Waals surface area contributed by atoms with Gasteiger partial charge in [0, 0.05) is 19.3 Å². The fraction of sp³-hybridized carbons (Fsp3) is 0.706. The van der Waals surface area contributed by atoms with Crippen LogP contribution in [-0.4, -0.2) is 80.6 Å². The number of carbonyl (C=O) groups is 3. The van der Waals surface area contributed by atoms with Crippen molar-refractivity contribution in [1.29, 1.82) is 0 Å². The molecule has 0 aliphatic carbocycles. The van der Waals surface area contributed by atoms with Crippen LogP contribution in [0.1, 0.15) is 181 Å². The van der Waals surface area contributed by atoms with Gasteiger partial charge in [-0.3, -0.25) is 9.59 Å². The summed E-state index contributed by atoms with van der Waals surface area (Å²) in [6.45, 7) is 4.57. The molecule has 0 spiro atoms. The number of esters is 2. The number of nitrogens with zero attached hydrogens (tertiary/aromatic N) is 1. The average Bonchev–Trinajstić information content (AvgIpc) is 3.19. The lowest BCUT2D eigenvalue weighted by Gasteiger charge is -2.31. The van der Waals surface area contributed by atoms with E-state index >= 15 is 0 Å². The van der Waals surface area contributed by atoms with Crippen molar-refractivity contribution in [3.05, 3.63) is 72.9 Å². The van der Waals surface area contributed by atoms with E-state index in [2.05, 4.69) is 86.8 Å². The Kier molecular flexibility index (Phi) is 39.2. The lowest BCUT2D eigenvalue weighted by Crippen LogP contribution is -2.50. The number of likely N-dealkylation sites (N-methyl/N-ethyl adjacent to an activating group) is 1. The molecule has 0 heterocycles. The molecule has 0 aliphatic rings. The van der Waals surface area contributed by atoms with Crippen LogP contribution in [0.15, 0.2) is 72.9 Å². The molecule has 1 N–H and O–H groups in total. The standard InChI is InChI=1S/C51H87NO7/c1-6-8-10-12-14-16-18-20-22-24-26-27-29-31-33-35-37-39-41-49(53)58-46-47(45-57-44-43-48(51(55)56)52(3,4)5)59-50(54)42-40-38-36-34-32-30-28-25-23-21-19-17-15-13-11-9-7-2/h9,11,15-18,21-24,28,30,47-48H,6-8,10,12-14,19-20,25-27,29,31-46H2,1-5H3/p+1/b11-9-,17-15-,18-16-,23-21-,24-22-,30-28-. The van der Waals surface area contributed by atoms with Crippen molar-refractivity contribution in [2.75, 3.05) is 41.0 Å². The van der Waals surface area contributed by atoms with Gasteiger partial charge in [-0.1, -0.05) is 151 Å². The Bertz CT molecular complexity index is 1190. The highest BCUT2D eigenvalue weighted by Gasteiger charge is 2.31. The first-order chi connectivity index (χ1) is 28.6. The molecule has 0 aromatic heterocycles. The monoisotopic (exact) mass is 827 g/mol. The number of allylic oxidation sites excluding steroid dienone is 12. The van der Waals surface area contributed by atoms with Crippen LogP contribution in [0.4, 0.5) is 0 Å². The molecule has 0 saturated carbocycles. The van der Waals surface area contributed by atoms with Crippen LogP contribution in [0.3, 0.4) is 0 Å². The minimum atomic E-state index is -0.883. The van der Waals surface area contributed by atoms with Crippen LogP contribution < -0.4 is 0 Å². The third kappa shape index (κ3) is 40.0. The second-order valence-electron chi connectivity index (χ2n) is 16.6. The lowest BCUT2D eigenvalue weighted by molar-refractivity contribution is -0.887. The summed E-state index contributed by atoms with van der Waals surface area (Å²) in [5, 5.41) is 9.63. The number of carboxylic acid groups (broad SMARTS) is 1. The van der Waals surface area contributed by atoms with Gasteiger partial charge < -0.3 is 23.8 Å². The zero-order chi connectivity index (χ0) is 43.5. The first kappa shape index (κ1) is 55.8. The first-order valence-electron chi connectivity index (χ1n) is 23.5. The number of quaternary nitrogens is 1. The quantitative estimate of drug-likeness (QED) is 0.0284. The van der Waals surface area contributed by atoms with E-state index in [0.29, 0.717) is 19.3 Å². The highest BCUT2D eigenvalue weighted by molar-refractivity contribution is 5.72. The smallest absolute Gasteiger partial charge is 0.362 e. The van der Waals surface area contributed by atoms with Gasteiger partial charge in [0.05, 0.1) is 34.4 Å². The van der Waals surface area contributed by atoms with Crippen molar-refractivity contribution in [1.82, 2.24) is 0 Å². The van der Waals surface area contributed by atoms with E-state index in [1.165, 1.54) is 57.8 Å². The van der Waals surface area contributed by atoms with Gasteiger partial charge in [0.15, 0.2) is 12.1 Å². The Morgan fingerprint density at radius 1 is 0.525 bits per heavy atom. The maximum atomic E-state index is 12.7. The predicted molar refractivity (Wildman–Crippen MR) is 247 cm³/mol. The lowest BCUT2D eigenvalue weighted by atomic mass is 10.1. The number of carbonyl (C=O) groups excluding carboxylic acids is 2. The summed E-state index contributed by atoms with van der Waals surface area (Å²) in [6, 6.07) is -0.624. The van der Waals surface area contributed by atoms with E-state index in [9.17, 15) is 19.5 Å². The predicted octanol–water partition coefficient (Wildman–Crippen LogP) is 13.1. The summed E-state index contributed by atoms with van der Waals surface area (Å²) in [5.41, 5.74) is 0. The third-order valence-electron chi connectivity index (χ3n) is 10.1. The largest absolute Gasteiger partial charge is 0.477 e. The van der Waals surface area contributed by atoms with E-state index < -0.39 is 18.1 Å². The minimum Gasteiger partial charge on any atom is -0.477 e. The van der Waals surface area contributed by atoms with Crippen LogP contribution in [-0.2, 0) is 28.6 Å². The van der Waals surface area contributed by atoms with Gasteiger partial charge >= 0.3 is 17.9 Å². The van der Waals surface area contributed by atoms with Crippen molar-refractivity contribution >= 4 is 17.9 Å². The summed E-state index contributed by atoms with van der Waals surface area (Å²) < 4.78 is 17.3. The molecule has 0 aromatic carbocycles. The van der Waals surface area contributed by atoms with E-state index in [1.54, 1.807) is 0 Å². The molecular weight excluding hydrogens is 739 g/mol. The van der Waals surface area contributed by atoms with E-state index in [4.69, 9.17) is 14.2 Å². The maximum Gasteiger partial charge on any atom is 0.362 e. The van der Waals surface area contributed by atoms with Crippen LogP contribution >= 0.6 is 0 Å². The number of hydrogen-bond acceptors (Lipinski definition) is 6. The van der Waals surface area contributed by atoms with Gasteiger partial charge in [-0.15, -0.1) is 0 Å². The molecule has 2 atom stereocenters. The summed E-state index contributed by atoms with van der Waals surface area (Å²) in [4.78, 5) is 37.1. The molecule has 8 nitrogen and oxygen atoms in total. The Hall–Kier alpha value is -3.23. The van der Waals surface area contributed by atoms with Crippen LogP contribution in [0, 0.1) is 0 Å². The fourth-order valence-corrected chi connectivity index (χ4v) is 6.46. The van der Waals surface area contributed by atoms with Gasteiger partial charge in [0.25, 0.3) is 0 Å². The number of carboxylic acids is 1. The number of aliphatic carboxylic acids is 1. The highest BCUT2D eigenvalue weighted by Crippen LogP contribution is 2.13. The molecule has 0 aliphatic heterocycles. The average molecular weight is 827 g/mol. The molecule has 0 aromatic rings. The fourth-order valence-electron chi connectivity index (χ4n) is 6.46. The number of ether oxygens (including phenoxy) is 3. The molecular formula is C51H88NO7+. The van der Waals surface area contributed by atoms with E-state index in [1.807, 2.05) is 21.1 Å². The molecule has 0 radical (unpaired) electrons. The zero-order valence-corrected chi connectivity index (χ0v) is 38.4. The van der Waals surface area contributed by atoms with E-state index in [-0.39, 0.29) is 36.2 Å². The van der Waals surface area contributed by atoms with Gasteiger partial charge in [-0.25, -0.2) is 4.79 Å². The van der Waals surface area contributed by atoms with Crippen LogP contribution in [0.2, 0.25) is 0 Å². The Morgan fingerprint density at radius 3 is 1.41 bits per heavy atom. The van der Waals surface area contributed by atoms with Gasteiger partial charge in [-0.05, 0) is 83.5 Å². The normalized spacial score (nSPS) is 13.6. The van der Waals surface area contributed by atoms with Crippen molar-refractivity contribution in [3.63, 3.8) is 0 Å². The SMILES string of the molecule is CC/C=C\C/C=C\C/C=C\C/C=C\CCCCCCC(=O)OC(COCCC(C(=O)O)[N+](C)(C)C)COC(=O)CCCCCCCCC/C=C\C/C=C\CCCCCC. The molecule has 0 bridgehead atoms. The van der Waals surface area contributed by atoms with Crippen LogP contribution in [0.5, 0.6) is 0 Å². The minimum absolute atomic E-state index is 0.0450. The van der Waals surface area contributed by atoms with Crippen LogP contribution in [0.25, 0.3) is 0 Å². The summed E-state index contributed by atoms with van der Waals surface area (Å²) in [6.07, 6.45) is 52.3. The third-order valence-corrected chi connectivity index (χ3v) is 10.1. The molecule has 0 saturated heterocycles. The summed E-state index contributed by atoms with van der Waals surface area (Å²) in [7, 11) is 5.51.